The van der Waals surface area contributed by atoms with Gasteiger partial charge in [-0.05, 0) is 22.5 Å². The van der Waals surface area contributed by atoms with Gasteiger partial charge in [-0.25, -0.2) is 0 Å². The molecule has 2 nitrogen and oxygen atoms in total. The topological polar surface area (TPSA) is 34.1 Å². The molecule has 148 valence electrons. The third-order valence-corrected chi connectivity index (χ3v) is 5.48. The summed E-state index contributed by atoms with van der Waals surface area (Å²) in [5.74, 6) is -1.26. The fourth-order valence-corrected chi connectivity index (χ4v) is 3.62. The zero-order valence-electron chi connectivity index (χ0n) is 17.6. The molecule has 0 aliphatic carbocycles. The van der Waals surface area contributed by atoms with Gasteiger partial charge in [0.2, 0.25) is 0 Å². The molecule has 0 heterocycles. The maximum atomic E-state index is 13.4. The van der Waals surface area contributed by atoms with Gasteiger partial charge in [0, 0.05) is 11.1 Å². The van der Waals surface area contributed by atoms with Gasteiger partial charge in [0.1, 0.15) is 0 Å². The third kappa shape index (κ3) is 4.71. The van der Waals surface area contributed by atoms with Gasteiger partial charge in [0.25, 0.3) is 0 Å². The summed E-state index contributed by atoms with van der Waals surface area (Å²) in [6, 6.07) is 26.5. The van der Waals surface area contributed by atoms with Gasteiger partial charge < -0.3 is 0 Å². The van der Waals surface area contributed by atoms with Crippen molar-refractivity contribution in [3.63, 3.8) is 0 Å². The zero-order chi connectivity index (χ0) is 21.0. The fourth-order valence-electron chi connectivity index (χ4n) is 3.62. The first-order valence-electron chi connectivity index (χ1n) is 10.1. The van der Waals surface area contributed by atoms with Crippen LogP contribution in [-0.4, -0.2) is 11.6 Å². The van der Waals surface area contributed by atoms with Gasteiger partial charge in [-0.2, -0.15) is 0 Å². The maximum Gasteiger partial charge on any atom is 0.174 e. The molecule has 3 aromatic rings. The molecule has 0 bridgehead atoms. The molecular formula is C27H28O2. The molecular weight excluding hydrogens is 356 g/mol. The van der Waals surface area contributed by atoms with E-state index in [0.29, 0.717) is 11.1 Å². The van der Waals surface area contributed by atoms with Gasteiger partial charge in [0.05, 0.1) is 5.92 Å². The lowest BCUT2D eigenvalue weighted by Gasteiger charge is -2.24. The second kappa shape index (κ2) is 8.57. The minimum absolute atomic E-state index is 0.0564. The van der Waals surface area contributed by atoms with Crippen LogP contribution in [0.1, 0.15) is 65.5 Å². The van der Waals surface area contributed by atoms with Crippen LogP contribution in [0.15, 0.2) is 84.9 Å². The van der Waals surface area contributed by atoms with Crippen molar-refractivity contribution in [1.29, 1.82) is 0 Å². The van der Waals surface area contributed by atoms with Crippen molar-refractivity contribution in [1.82, 2.24) is 0 Å². The van der Waals surface area contributed by atoms with Crippen LogP contribution in [0.2, 0.25) is 0 Å². The van der Waals surface area contributed by atoms with Gasteiger partial charge in [-0.15, -0.1) is 0 Å². The molecule has 0 spiro atoms. The van der Waals surface area contributed by atoms with E-state index in [1.54, 1.807) is 24.3 Å². The van der Waals surface area contributed by atoms with E-state index in [-0.39, 0.29) is 22.9 Å². The molecule has 0 aliphatic rings. The number of Topliss-reactive ketones (excluding diaryl/α,β-unsaturated/α-hetero) is 2. The van der Waals surface area contributed by atoms with Gasteiger partial charge in [0.15, 0.2) is 11.6 Å². The average Bonchev–Trinajstić information content (AvgIpc) is 2.74. The monoisotopic (exact) mass is 384 g/mol. The van der Waals surface area contributed by atoms with Crippen molar-refractivity contribution < 1.29 is 9.59 Å². The Morgan fingerprint density at radius 1 is 0.655 bits per heavy atom. The number of ketones is 2. The molecule has 0 amide bonds. The Morgan fingerprint density at radius 2 is 1.07 bits per heavy atom. The molecule has 3 rings (SSSR count). The Hall–Kier alpha value is -3.00. The van der Waals surface area contributed by atoms with Crippen molar-refractivity contribution in [2.75, 3.05) is 0 Å². The van der Waals surface area contributed by atoms with E-state index in [4.69, 9.17) is 0 Å². The van der Waals surface area contributed by atoms with Gasteiger partial charge >= 0.3 is 0 Å². The van der Waals surface area contributed by atoms with Crippen LogP contribution in [0.25, 0.3) is 0 Å². The standard InChI is InChI=1S/C27H28O2/c1-19(20-15-17-23(18-16-20)27(2,3)4)24(25(28)21-11-7-5-8-12-21)26(29)22-13-9-6-10-14-22/h5-19,24H,1-4H3. The zero-order valence-corrected chi connectivity index (χ0v) is 17.6. The highest BCUT2D eigenvalue weighted by molar-refractivity contribution is 6.16. The van der Waals surface area contributed by atoms with E-state index in [0.717, 1.165) is 5.56 Å². The van der Waals surface area contributed by atoms with E-state index in [1.807, 2.05) is 43.3 Å². The molecule has 0 saturated carbocycles. The lowest BCUT2D eigenvalue weighted by molar-refractivity contribution is 0.0787. The van der Waals surface area contributed by atoms with Crippen LogP contribution >= 0.6 is 0 Å². The fraction of sp³-hybridized carbons (Fsp3) is 0.259. The van der Waals surface area contributed by atoms with Crippen LogP contribution in [0.4, 0.5) is 0 Å². The molecule has 1 unspecified atom stereocenters. The summed E-state index contributed by atoms with van der Waals surface area (Å²) in [7, 11) is 0. The molecule has 3 aromatic carbocycles. The predicted molar refractivity (Wildman–Crippen MR) is 119 cm³/mol. The summed E-state index contributed by atoms with van der Waals surface area (Å²) >= 11 is 0. The normalized spacial score (nSPS) is 12.6. The molecule has 0 N–H and O–H groups in total. The summed E-state index contributed by atoms with van der Waals surface area (Å²) in [6.45, 7) is 8.49. The van der Waals surface area contributed by atoms with Crippen molar-refractivity contribution in [2.24, 2.45) is 5.92 Å². The lowest BCUT2D eigenvalue weighted by Crippen LogP contribution is -2.29. The minimum Gasteiger partial charge on any atom is -0.293 e. The van der Waals surface area contributed by atoms with Crippen LogP contribution in [0.5, 0.6) is 0 Å². The molecule has 0 aromatic heterocycles. The van der Waals surface area contributed by atoms with Gasteiger partial charge in [-0.3, -0.25) is 9.59 Å². The Balaban J connectivity index is 2.00. The quantitative estimate of drug-likeness (QED) is 0.360. The highest BCUT2D eigenvalue weighted by atomic mass is 16.2. The van der Waals surface area contributed by atoms with Crippen molar-refractivity contribution in [3.8, 4) is 0 Å². The molecule has 0 radical (unpaired) electrons. The molecule has 1 atom stereocenters. The van der Waals surface area contributed by atoms with Crippen molar-refractivity contribution >= 4 is 11.6 Å². The van der Waals surface area contributed by atoms with E-state index in [1.165, 1.54) is 5.56 Å². The minimum atomic E-state index is -0.764. The largest absolute Gasteiger partial charge is 0.293 e. The first kappa shape index (κ1) is 20.7. The summed E-state index contributed by atoms with van der Waals surface area (Å²) in [5.41, 5.74) is 3.42. The molecule has 0 fully saturated rings. The number of benzene rings is 3. The summed E-state index contributed by atoms with van der Waals surface area (Å²) in [6.07, 6.45) is 0. The van der Waals surface area contributed by atoms with E-state index in [2.05, 4.69) is 45.0 Å². The Bertz CT molecular complexity index is 913. The smallest absolute Gasteiger partial charge is 0.174 e. The van der Waals surface area contributed by atoms with Crippen LogP contribution in [0.3, 0.4) is 0 Å². The summed E-state index contributed by atoms with van der Waals surface area (Å²) in [5, 5.41) is 0. The van der Waals surface area contributed by atoms with Crippen molar-refractivity contribution in [2.45, 2.75) is 39.0 Å². The number of rotatable bonds is 6. The van der Waals surface area contributed by atoms with Crippen LogP contribution < -0.4 is 0 Å². The van der Waals surface area contributed by atoms with Crippen LogP contribution in [-0.2, 0) is 5.41 Å². The maximum absolute atomic E-state index is 13.4. The Kier molecular flexibility index (Phi) is 6.12. The molecule has 0 aliphatic heterocycles. The molecule has 2 heteroatoms. The van der Waals surface area contributed by atoms with Gasteiger partial charge in [-0.1, -0.05) is 113 Å². The lowest BCUT2D eigenvalue weighted by atomic mass is 9.77. The van der Waals surface area contributed by atoms with Crippen LogP contribution in [0, 0.1) is 5.92 Å². The predicted octanol–water partition coefficient (Wildman–Crippen LogP) is 6.47. The van der Waals surface area contributed by atoms with E-state index < -0.39 is 5.92 Å². The SMILES string of the molecule is CC(c1ccc(C(C)(C)C)cc1)C(C(=O)c1ccccc1)C(=O)c1ccccc1. The van der Waals surface area contributed by atoms with Crippen molar-refractivity contribution in [3.05, 3.63) is 107 Å². The number of hydrogen-bond donors (Lipinski definition) is 0. The number of hydrogen-bond acceptors (Lipinski definition) is 2. The Morgan fingerprint density at radius 3 is 1.45 bits per heavy atom. The molecule has 0 saturated heterocycles. The van der Waals surface area contributed by atoms with E-state index in [9.17, 15) is 9.59 Å². The highest BCUT2D eigenvalue weighted by Gasteiger charge is 2.34. The highest BCUT2D eigenvalue weighted by Crippen LogP contribution is 2.32. The molecule has 29 heavy (non-hydrogen) atoms. The second-order valence-electron chi connectivity index (χ2n) is 8.60. The summed E-state index contributed by atoms with van der Waals surface area (Å²) < 4.78 is 0. The first-order valence-corrected chi connectivity index (χ1v) is 10.1. The summed E-state index contributed by atoms with van der Waals surface area (Å²) in [4.78, 5) is 26.8. The number of carbonyl (C=O) groups is 2. The second-order valence-corrected chi connectivity index (χ2v) is 8.60. The first-order chi connectivity index (χ1) is 13.8. The average molecular weight is 385 g/mol. The van der Waals surface area contributed by atoms with E-state index >= 15 is 0 Å². The third-order valence-electron chi connectivity index (χ3n) is 5.48. The number of carbonyl (C=O) groups excluding carboxylic acids is 2. The Labute approximate surface area is 173 Å².